The molecule has 0 spiro atoms. The van der Waals surface area contributed by atoms with Crippen molar-refractivity contribution in [3.8, 4) is 0 Å². The van der Waals surface area contributed by atoms with Crippen LogP contribution in [-0.4, -0.2) is 36.6 Å². The van der Waals surface area contributed by atoms with E-state index in [0.717, 1.165) is 26.1 Å². The molecule has 1 aliphatic rings. The van der Waals surface area contributed by atoms with Gasteiger partial charge in [-0.3, -0.25) is 0 Å². The molecule has 17 heavy (non-hydrogen) atoms. The Bertz CT molecular complexity index is 410. The van der Waals surface area contributed by atoms with Gasteiger partial charge >= 0.3 is 5.82 Å². The van der Waals surface area contributed by atoms with E-state index in [1.165, 1.54) is 6.20 Å². The molecule has 1 aromatic heterocycles. The molecule has 1 unspecified atom stereocenters. The Kier molecular flexibility index (Phi) is 3.53. The average Bonchev–Trinajstić information content (AvgIpc) is 2.78. The second-order valence-electron chi connectivity index (χ2n) is 4.26. The predicted octanol–water partition coefficient (Wildman–Crippen LogP) is 1.04. The van der Waals surface area contributed by atoms with Crippen molar-refractivity contribution in [2.75, 3.05) is 31.6 Å². The summed E-state index contributed by atoms with van der Waals surface area (Å²) in [5, 5.41) is 14.0. The fourth-order valence-corrected chi connectivity index (χ4v) is 2.28. The molecule has 1 aromatic rings. The molecule has 6 nitrogen and oxygen atoms in total. The lowest BCUT2D eigenvalue weighted by molar-refractivity contribution is -0.388. The summed E-state index contributed by atoms with van der Waals surface area (Å²) in [6, 6.07) is 3.51. The highest BCUT2D eigenvalue weighted by Crippen LogP contribution is 2.29. The molecule has 1 fully saturated rings. The summed E-state index contributed by atoms with van der Waals surface area (Å²) >= 11 is 0. The Balaban J connectivity index is 2.16. The van der Waals surface area contributed by atoms with Gasteiger partial charge in [0.2, 0.25) is 0 Å². The first-order valence-corrected chi connectivity index (χ1v) is 5.71. The summed E-state index contributed by atoms with van der Waals surface area (Å²) < 4.78 is 0. The second kappa shape index (κ2) is 5.09. The van der Waals surface area contributed by atoms with Crippen LogP contribution in [0, 0.1) is 16.0 Å². The first-order valence-electron chi connectivity index (χ1n) is 5.71. The minimum absolute atomic E-state index is 0.0439. The van der Waals surface area contributed by atoms with Crippen molar-refractivity contribution in [1.82, 2.24) is 10.3 Å². The number of hydrogen-bond donors (Lipinski definition) is 1. The molecule has 0 bridgehead atoms. The SMILES string of the molecule is CNCC1CCN(c2cccnc2[N+](=O)[O-])C1. The number of rotatable bonds is 4. The number of aromatic nitrogens is 1. The maximum Gasteiger partial charge on any atom is 0.387 e. The minimum atomic E-state index is -0.416. The number of nitrogens with zero attached hydrogens (tertiary/aromatic N) is 3. The Labute approximate surface area is 99.8 Å². The maximum absolute atomic E-state index is 10.9. The Morgan fingerprint density at radius 2 is 2.53 bits per heavy atom. The summed E-state index contributed by atoms with van der Waals surface area (Å²) in [7, 11) is 1.93. The number of anilines is 1. The lowest BCUT2D eigenvalue weighted by atomic mass is 10.1. The van der Waals surface area contributed by atoms with Crippen LogP contribution >= 0.6 is 0 Å². The Hall–Kier alpha value is -1.69. The number of pyridine rings is 1. The van der Waals surface area contributed by atoms with Crippen molar-refractivity contribution in [2.24, 2.45) is 5.92 Å². The monoisotopic (exact) mass is 236 g/mol. The van der Waals surface area contributed by atoms with Gasteiger partial charge < -0.3 is 20.3 Å². The summed E-state index contributed by atoms with van der Waals surface area (Å²) in [4.78, 5) is 16.4. The van der Waals surface area contributed by atoms with Crippen LogP contribution < -0.4 is 10.2 Å². The van der Waals surface area contributed by atoms with Crippen LogP contribution in [0.1, 0.15) is 6.42 Å². The molecule has 1 saturated heterocycles. The molecule has 0 radical (unpaired) electrons. The second-order valence-corrected chi connectivity index (χ2v) is 4.26. The highest BCUT2D eigenvalue weighted by molar-refractivity contribution is 5.59. The van der Waals surface area contributed by atoms with Gasteiger partial charge in [0, 0.05) is 13.1 Å². The van der Waals surface area contributed by atoms with Gasteiger partial charge in [0.1, 0.15) is 11.9 Å². The number of nitrogens with one attached hydrogen (secondary N) is 1. The molecular formula is C11H16N4O2. The molecule has 92 valence electrons. The van der Waals surface area contributed by atoms with Gasteiger partial charge in [0.05, 0.1) is 0 Å². The van der Waals surface area contributed by atoms with E-state index >= 15 is 0 Å². The van der Waals surface area contributed by atoms with E-state index in [1.807, 2.05) is 11.9 Å². The van der Waals surface area contributed by atoms with E-state index in [9.17, 15) is 10.1 Å². The van der Waals surface area contributed by atoms with Crippen LogP contribution in [0.2, 0.25) is 0 Å². The molecule has 2 heterocycles. The van der Waals surface area contributed by atoms with E-state index in [2.05, 4.69) is 10.3 Å². The first-order chi connectivity index (χ1) is 8.22. The molecule has 1 N–H and O–H groups in total. The van der Waals surface area contributed by atoms with Crippen molar-refractivity contribution in [1.29, 1.82) is 0 Å². The van der Waals surface area contributed by atoms with Gasteiger partial charge in [-0.1, -0.05) is 0 Å². The van der Waals surface area contributed by atoms with Crippen LogP contribution in [0.4, 0.5) is 11.5 Å². The highest BCUT2D eigenvalue weighted by atomic mass is 16.6. The van der Waals surface area contributed by atoms with Crippen LogP contribution in [0.3, 0.4) is 0 Å². The van der Waals surface area contributed by atoms with Gasteiger partial charge in [-0.25, -0.2) is 0 Å². The van der Waals surface area contributed by atoms with Crippen LogP contribution in [0.5, 0.6) is 0 Å². The third-order valence-corrected chi connectivity index (χ3v) is 3.06. The van der Waals surface area contributed by atoms with Crippen molar-refractivity contribution in [3.05, 3.63) is 28.4 Å². The van der Waals surface area contributed by atoms with E-state index < -0.39 is 4.92 Å². The molecule has 2 rings (SSSR count). The fraction of sp³-hybridized carbons (Fsp3) is 0.545. The van der Waals surface area contributed by atoms with Gasteiger partial charge in [-0.2, -0.15) is 0 Å². The van der Waals surface area contributed by atoms with Crippen molar-refractivity contribution in [2.45, 2.75) is 6.42 Å². The van der Waals surface area contributed by atoms with Crippen LogP contribution in [0.15, 0.2) is 18.3 Å². The van der Waals surface area contributed by atoms with Crippen molar-refractivity contribution >= 4 is 11.5 Å². The Morgan fingerprint density at radius 3 is 3.24 bits per heavy atom. The molecule has 6 heteroatoms. The zero-order valence-corrected chi connectivity index (χ0v) is 9.80. The van der Waals surface area contributed by atoms with E-state index in [1.54, 1.807) is 12.1 Å². The van der Waals surface area contributed by atoms with Gasteiger partial charge in [0.15, 0.2) is 0 Å². The minimum Gasteiger partial charge on any atom is -0.364 e. The van der Waals surface area contributed by atoms with Gasteiger partial charge in [0.25, 0.3) is 0 Å². The smallest absolute Gasteiger partial charge is 0.364 e. The highest BCUT2D eigenvalue weighted by Gasteiger charge is 2.27. The standard InChI is InChI=1S/C11H16N4O2/c1-12-7-9-4-6-14(8-9)10-3-2-5-13-11(10)15(16)17/h2-3,5,9,12H,4,6-8H2,1H3. The third-order valence-electron chi connectivity index (χ3n) is 3.06. The average molecular weight is 236 g/mol. The molecule has 0 aromatic carbocycles. The number of nitro groups is 1. The van der Waals surface area contributed by atoms with Crippen LogP contribution in [-0.2, 0) is 0 Å². The zero-order valence-electron chi connectivity index (χ0n) is 9.80. The molecule has 0 saturated carbocycles. The zero-order chi connectivity index (χ0) is 12.3. The molecule has 0 aliphatic carbocycles. The summed E-state index contributed by atoms with van der Waals surface area (Å²) in [5.41, 5.74) is 0.635. The molecule has 1 aliphatic heterocycles. The Morgan fingerprint density at radius 1 is 1.71 bits per heavy atom. The van der Waals surface area contributed by atoms with Crippen molar-refractivity contribution in [3.63, 3.8) is 0 Å². The molecule has 1 atom stereocenters. The van der Waals surface area contributed by atoms with Crippen LogP contribution in [0.25, 0.3) is 0 Å². The number of hydrogen-bond acceptors (Lipinski definition) is 5. The largest absolute Gasteiger partial charge is 0.387 e. The maximum atomic E-state index is 10.9. The van der Waals surface area contributed by atoms with E-state index in [-0.39, 0.29) is 5.82 Å². The fourth-order valence-electron chi connectivity index (χ4n) is 2.28. The normalized spacial score (nSPS) is 19.6. The first kappa shape index (κ1) is 11.8. The molecular weight excluding hydrogens is 220 g/mol. The van der Waals surface area contributed by atoms with E-state index in [0.29, 0.717) is 11.6 Å². The summed E-state index contributed by atoms with van der Waals surface area (Å²) in [5.74, 6) is 0.511. The predicted molar refractivity (Wildman–Crippen MR) is 65.1 cm³/mol. The van der Waals surface area contributed by atoms with Gasteiger partial charge in [-0.05, 0) is 48.0 Å². The third kappa shape index (κ3) is 2.52. The quantitative estimate of drug-likeness (QED) is 0.624. The van der Waals surface area contributed by atoms with E-state index in [4.69, 9.17) is 0 Å². The topological polar surface area (TPSA) is 71.3 Å². The molecule has 0 amide bonds. The lowest BCUT2D eigenvalue weighted by Gasteiger charge is -2.17. The summed E-state index contributed by atoms with van der Waals surface area (Å²) in [6.45, 7) is 2.66. The van der Waals surface area contributed by atoms with Crippen molar-refractivity contribution < 1.29 is 4.92 Å². The summed E-state index contributed by atoms with van der Waals surface area (Å²) in [6.07, 6.45) is 2.52. The van der Waals surface area contributed by atoms with Gasteiger partial charge in [-0.15, -0.1) is 0 Å². The lowest BCUT2D eigenvalue weighted by Crippen LogP contribution is -2.24.